The highest BCUT2D eigenvalue weighted by molar-refractivity contribution is 7.98. The fourth-order valence-electron chi connectivity index (χ4n) is 2.67. The summed E-state index contributed by atoms with van der Waals surface area (Å²) in [6.45, 7) is 1.60. The number of nitrogens with zero attached hydrogens (tertiary/aromatic N) is 4. The van der Waals surface area contributed by atoms with Gasteiger partial charge in [0.05, 0.1) is 29.6 Å². The van der Waals surface area contributed by atoms with E-state index in [1.807, 2.05) is 23.6 Å². The number of thiazole rings is 1. The molecule has 0 N–H and O–H groups in total. The molecule has 4 rings (SSSR count). The third-order valence-corrected chi connectivity index (χ3v) is 7.89. The van der Waals surface area contributed by atoms with Crippen molar-refractivity contribution in [2.45, 2.75) is 15.7 Å². The van der Waals surface area contributed by atoms with Crippen molar-refractivity contribution in [1.82, 2.24) is 19.3 Å². The zero-order chi connectivity index (χ0) is 19.4. The van der Waals surface area contributed by atoms with Crippen LogP contribution in [0.15, 0.2) is 58.0 Å². The fourth-order valence-corrected chi connectivity index (χ4v) is 5.66. The number of sulfonamides is 1. The van der Waals surface area contributed by atoms with Crippen LogP contribution in [0.2, 0.25) is 0 Å². The maximum atomic E-state index is 12.6. The molecule has 1 aliphatic heterocycles. The van der Waals surface area contributed by atoms with Crippen LogP contribution in [0, 0.1) is 0 Å². The molecule has 3 aromatic rings. The van der Waals surface area contributed by atoms with Crippen molar-refractivity contribution in [1.29, 1.82) is 0 Å². The van der Waals surface area contributed by atoms with Gasteiger partial charge in [-0.05, 0) is 24.3 Å². The van der Waals surface area contributed by atoms with Crippen LogP contribution in [-0.4, -0.2) is 54.0 Å². The molecule has 0 aromatic carbocycles. The summed E-state index contributed by atoms with van der Waals surface area (Å²) in [7, 11) is -3.51. The van der Waals surface area contributed by atoms with Crippen LogP contribution in [0.5, 0.6) is 0 Å². The van der Waals surface area contributed by atoms with Gasteiger partial charge in [-0.15, -0.1) is 23.1 Å². The lowest BCUT2D eigenvalue weighted by Crippen LogP contribution is -2.40. The standard InChI is InChI=1S/C18H18N4O3S3/c23-28(24,22-7-9-25-10-8-22)15-4-5-17(20-11-15)26-12-14-13-27-18(21-14)16-3-1-2-6-19-16/h1-6,11,13H,7-10,12H2. The summed E-state index contributed by atoms with van der Waals surface area (Å²) < 4.78 is 31.9. The summed E-state index contributed by atoms with van der Waals surface area (Å²) in [4.78, 5) is 13.4. The van der Waals surface area contributed by atoms with Gasteiger partial charge in [-0.1, -0.05) is 6.07 Å². The van der Waals surface area contributed by atoms with Crippen molar-refractivity contribution in [3.8, 4) is 10.7 Å². The van der Waals surface area contributed by atoms with E-state index in [1.54, 1.807) is 29.7 Å². The molecule has 4 heterocycles. The van der Waals surface area contributed by atoms with Gasteiger partial charge in [0.1, 0.15) is 9.90 Å². The van der Waals surface area contributed by atoms with Crippen molar-refractivity contribution >= 4 is 33.1 Å². The Hall–Kier alpha value is -1.85. The number of morpholine rings is 1. The largest absolute Gasteiger partial charge is 0.379 e. The van der Waals surface area contributed by atoms with Gasteiger partial charge >= 0.3 is 0 Å². The Morgan fingerprint density at radius 3 is 2.71 bits per heavy atom. The molecule has 0 radical (unpaired) electrons. The average molecular weight is 435 g/mol. The molecular weight excluding hydrogens is 416 g/mol. The summed E-state index contributed by atoms with van der Waals surface area (Å²) in [6, 6.07) is 9.10. The van der Waals surface area contributed by atoms with Crippen molar-refractivity contribution in [2.75, 3.05) is 26.3 Å². The second-order valence-corrected chi connectivity index (χ2v) is 9.79. The summed E-state index contributed by atoms with van der Waals surface area (Å²) >= 11 is 3.08. The molecule has 1 fully saturated rings. The van der Waals surface area contributed by atoms with Crippen molar-refractivity contribution < 1.29 is 13.2 Å². The summed E-state index contributed by atoms with van der Waals surface area (Å²) in [5.74, 6) is 0.659. The van der Waals surface area contributed by atoms with Gasteiger partial charge in [-0.3, -0.25) is 4.98 Å². The predicted molar refractivity (Wildman–Crippen MR) is 109 cm³/mol. The van der Waals surface area contributed by atoms with E-state index in [9.17, 15) is 8.42 Å². The third kappa shape index (κ3) is 4.41. The SMILES string of the molecule is O=S(=O)(c1ccc(SCc2csc(-c3ccccn3)n2)nc1)N1CCOCC1. The van der Waals surface area contributed by atoms with Gasteiger partial charge in [-0.25, -0.2) is 18.4 Å². The van der Waals surface area contributed by atoms with Crippen LogP contribution >= 0.6 is 23.1 Å². The molecule has 0 saturated carbocycles. The van der Waals surface area contributed by atoms with Crippen LogP contribution in [-0.2, 0) is 20.5 Å². The van der Waals surface area contributed by atoms with Crippen LogP contribution in [0.1, 0.15) is 5.69 Å². The van der Waals surface area contributed by atoms with Gasteiger partial charge in [0.15, 0.2) is 0 Å². The number of hydrogen-bond acceptors (Lipinski definition) is 8. The van der Waals surface area contributed by atoms with Gasteiger partial charge in [0.25, 0.3) is 0 Å². The predicted octanol–water partition coefficient (Wildman–Crippen LogP) is 2.91. The van der Waals surface area contributed by atoms with Crippen LogP contribution in [0.3, 0.4) is 0 Å². The van der Waals surface area contributed by atoms with Gasteiger partial charge < -0.3 is 4.74 Å². The molecule has 10 heteroatoms. The Kier molecular flexibility index (Phi) is 6.02. The van der Waals surface area contributed by atoms with Crippen molar-refractivity contribution in [3.05, 3.63) is 53.8 Å². The minimum Gasteiger partial charge on any atom is -0.379 e. The van der Waals surface area contributed by atoms with E-state index in [2.05, 4.69) is 15.0 Å². The molecule has 0 aliphatic carbocycles. The number of pyridine rings is 2. The number of rotatable bonds is 6. The molecule has 0 unspecified atom stereocenters. The first-order valence-corrected chi connectivity index (χ1v) is 12.0. The lowest BCUT2D eigenvalue weighted by Gasteiger charge is -2.25. The normalized spacial score (nSPS) is 15.6. The first-order chi connectivity index (χ1) is 13.6. The molecule has 3 aromatic heterocycles. The van der Waals surface area contributed by atoms with Gasteiger partial charge in [-0.2, -0.15) is 4.31 Å². The third-order valence-electron chi connectivity index (χ3n) is 4.12. The summed E-state index contributed by atoms with van der Waals surface area (Å²) in [5, 5.41) is 3.65. The Bertz CT molecular complexity index is 1020. The van der Waals surface area contributed by atoms with E-state index in [4.69, 9.17) is 4.74 Å². The molecule has 1 saturated heterocycles. The van der Waals surface area contributed by atoms with E-state index in [0.29, 0.717) is 32.1 Å². The average Bonchev–Trinajstić information content (AvgIpc) is 3.23. The summed E-state index contributed by atoms with van der Waals surface area (Å²) in [6.07, 6.45) is 3.18. The second kappa shape index (κ2) is 8.66. The molecule has 146 valence electrons. The maximum absolute atomic E-state index is 12.6. The molecule has 1 aliphatic rings. The van der Waals surface area contributed by atoms with Crippen molar-refractivity contribution in [2.24, 2.45) is 0 Å². The Morgan fingerprint density at radius 2 is 2.00 bits per heavy atom. The quantitative estimate of drug-likeness (QED) is 0.552. The highest BCUT2D eigenvalue weighted by Gasteiger charge is 2.26. The Labute approximate surface area is 171 Å². The Morgan fingerprint density at radius 1 is 1.14 bits per heavy atom. The number of thioether (sulfide) groups is 1. The molecule has 0 amide bonds. The zero-order valence-electron chi connectivity index (χ0n) is 14.9. The zero-order valence-corrected chi connectivity index (χ0v) is 17.3. The number of ether oxygens (including phenoxy) is 1. The number of aromatic nitrogens is 3. The monoisotopic (exact) mass is 434 g/mol. The maximum Gasteiger partial charge on any atom is 0.244 e. The fraction of sp³-hybridized carbons (Fsp3) is 0.278. The highest BCUT2D eigenvalue weighted by atomic mass is 32.2. The molecule has 0 spiro atoms. The van der Waals surface area contributed by atoms with E-state index in [1.165, 1.54) is 22.3 Å². The first-order valence-electron chi connectivity index (χ1n) is 8.65. The minimum absolute atomic E-state index is 0.213. The van der Waals surface area contributed by atoms with E-state index < -0.39 is 10.0 Å². The van der Waals surface area contributed by atoms with E-state index in [-0.39, 0.29) is 4.90 Å². The molecular formula is C18H18N4O3S3. The van der Waals surface area contributed by atoms with Gasteiger partial charge in [0.2, 0.25) is 10.0 Å². The van der Waals surface area contributed by atoms with E-state index in [0.717, 1.165) is 21.4 Å². The molecule has 28 heavy (non-hydrogen) atoms. The van der Waals surface area contributed by atoms with Crippen molar-refractivity contribution in [3.63, 3.8) is 0 Å². The van der Waals surface area contributed by atoms with E-state index >= 15 is 0 Å². The molecule has 0 bridgehead atoms. The first kappa shape index (κ1) is 19.5. The lowest BCUT2D eigenvalue weighted by atomic mass is 10.4. The second-order valence-electron chi connectivity index (χ2n) is 6.00. The lowest BCUT2D eigenvalue weighted by molar-refractivity contribution is 0.0730. The van der Waals surface area contributed by atoms with Crippen LogP contribution in [0.4, 0.5) is 0 Å². The topological polar surface area (TPSA) is 85.3 Å². The Balaban J connectivity index is 1.39. The smallest absolute Gasteiger partial charge is 0.244 e. The van der Waals surface area contributed by atoms with Crippen LogP contribution < -0.4 is 0 Å². The summed E-state index contributed by atoms with van der Waals surface area (Å²) in [5.41, 5.74) is 1.81. The van der Waals surface area contributed by atoms with Gasteiger partial charge in [0, 0.05) is 36.6 Å². The number of hydrogen-bond donors (Lipinski definition) is 0. The molecule has 7 nitrogen and oxygen atoms in total. The molecule has 0 atom stereocenters. The highest BCUT2D eigenvalue weighted by Crippen LogP contribution is 2.27. The minimum atomic E-state index is -3.51. The van der Waals surface area contributed by atoms with Crippen LogP contribution in [0.25, 0.3) is 10.7 Å².